The molecule has 4 nitrogen and oxygen atoms in total. The van der Waals surface area contributed by atoms with E-state index in [4.69, 9.17) is 0 Å². The lowest BCUT2D eigenvalue weighted by molar-refractivity contribution is 0.0910. The molecule has 0 spiro atoms. The van der Waals surface area contributed by atoms with Crippen molar-refractivity contribution in [1.29, 1.82) is 0 Å². The van der Waals surface area contributed by atoms with Gasteiger partial charge in [0.05, 0.1) is 11.4 Å². The Morgan fingerprint density at radius 2 is 1.90 bits per heavy atom. The van der Waals surface area contributed by atoms with Crippen molar-refractivity contribution in [3.63, 3.8) is 0 Å². The Morgan fingerprint density at radius 3 is 2.70 bits per heavy atom. The topological polar surface area (TPSA) is 53.2 Å². The second-order valence-electron chi connectivity index (χ2n) is 5.96. The standard InChI is InChI=1S/C16H23N3O/c1-11-4-2-3-5-13(11)19-16(20)12-6-7-14-15(10-12)18-9-8-17-14/h6-7,10-11,13,17-18H,2-5,8-9H2,1H3,(H,19,20). The van der Waals surface area contributed by atoms with Crippen LogP contribution in [-0.2, 0) is 0 Å². The van der Waals surface area contributed by atoms with Gasteiger partial charge in [-0.15, -0.1) is 0 Å². The molecule has 1 fully saturated rings. The first-order chi connectivity index (χ1) is 9.74. The lowest BCUT2D eigenvalue weighted by Crippen LogP contribution is -2.41. The van der Waals surface area contributed by atoms with Crippen LogP contribution in [0, 0.1) is 5.92 Å². The van der Waals surface area contributed by atoms with Gasteiger partial charge in [-0.2, -0.15) is 0 Å². The van der Waals surface area contributed by atoms with Crippen molar-refractivity contribution in [3.8, 4) is 0 Å². The maximum absolute atomic E-state index is 12.4. The molecular weight excluding hydrogens is 250 g/mol. The lowest BCUT2D eigenvalue weighted by Gasteiger charge is -2.29. The molecule has 2 aliphatic rings. The van der Waals surface area contributed by atoms with Crippen LogP contribution < -0.4 is 16.0 Å². The van der Waals surface area contributed by atoms with Crippen LogP contribution >= 0.6 is 0 Å². The maximum atomic E-state index is 12.4. The smallest absolute Gasteiger partial charge is 0.251 e. The fourth-order valence-electron chi connectivity index (χ4n) is 3.16. The van der Waals surface area contributed by atoms with Gasteiger partial charge >= 0.3 is 0 Å². The molecule has 0 radical (unpaired) electrons. The van der Waals surface area contributed by atoms with Crippen molar-refractivity contribution in [2.75, 3.05) is 23.7 Å². The minimum atomic E-state index is 0.0546. The highest BCUT2D eigenvalue weighted by Crippen LogP contribution is 2.27. The second kappa shape index (κ2) is 5.73. The van der Waals surface area contributed by atoms with E-state index in [2.05, 4.69) is 22.9 Å². The Bertz CT molecular complexity index is 500. The van der Waals surface area contributed by atoms with Crippen LogP contribution in [0.1, 0.15) is 43.0 Å². The number of hydrogen-bond donors (Lipinski definition) is 3. The molecule has 1 aliphatic carbocycles. The largest absolute Gasteiger partial charge is 0.382 e. The summed E-state index contributed by atoms with van der Waals surface area (Å²) in [4.78, 5) is 12.4. The van der Waals surface area contributed by atoms with Crippen molar-refractivity contribution in [1.82, 2.24) is 5.32 Å². The van der Waals surface area contributed by atoms with Crippen LogP contribution in [0.3, 0.4) is 0 Å². The predicted molar refractivity (Wildman–Crippen MR) is 82.3 cm³/mol. The van der Waals surface area contributed by atoms with E-state index in [-0.39, 0.29) is 5.91 Å². The van der Waals surface area contributed by atoms with Gasteiger partial charge < -0.3 is 16.0 Å². The fraction of sp³-hybridized carbons (Fsp3) is 0.562. The lowest BCUT2D eigenvalue weighted by atomic mass is 9.86. The normalized spacial score (nSPS) is 25.1. The van der Waals surface area contributed by atoms with Crippen molar-refractivity contribution in [2.24, 2.45) is 5.92 Å². The molecule has 0 saturated heterocycles. The molecule has 0 aromatic heterocycles. The van der Waals surface area contributed by atoms with E-state index >= 15 is 0 Å². The number of carbonyl (C=O) groups excluding carboxylic acids is 1. The molecule has 1 saturated carbocycles. The number of amides is 1. The van der Waals surface area contributed by atoms with Gasteiger partial charge in [0.15, 0.2) is 0 Å². The second-order valence-corrected chi connectivity index (χ2v) is 5.96. The molecule has 108 valence electrons. The van der Waals surface area contributed by atoms with Crippen LogP contribution in [0.4, 0.5) is 11.4 Å². The molecular formula is C16H23N3O. The van der Waals surface area contributed by atoms with Gasteiger partial charge in [0.1, 0.15) is 0 Å². The Hall–Kier alpha value is -1.71. The van der Waals surface area contributed by atoms with E-state index in [0.29, 0.717) is 12.0 Å². The van der Waals surface area contributed by atoms with E-state index in [1.807, 2.05) is 18.2 Å². The molecule has 1 aromatic carbocycles. The van der Waals surface area contributed by atoms with Gasteiger partial charge in [0.2, 0.25) is 0 Å². The molecule has 4 heteroatoms. The van der Waals surface area contributed by atoms with Crippen LogP contribution in [0.5, 0.6) is 0 Å². The van der Waals surface area contributed by atoms with Crippen molar-refractivity contribution >= 4 is 17.3 Å². The minimum absolute atomic E-state index is 0.0546. The number of fused-ring (bicyclic) bond motifs is 1. The van der Waals surface area contributed by atoms with Crippen LogP contribution in [-0.4, -0.2) is 25.0 Å². The van der Waals surface area contributed by atoms with Gasteiger partial charge in [-0.1, -0.05) is 19.8 Å². The highest BCUT2D eigenvalue weighted by Gasteiger charge is 2.23. The summed E-state index contributed by atoms with van der Waals surface area (Å²) in [5, 5.41) is 9.86. The first-order valence-corrected chi connectivity index (χ1v) is 7.67. The summed E-state index contributed by atoms with van der Waals surface area (Å²) in [5.41, 5.74) is 2.86. The molecule has 2 unspecified atom stereocenters. The summed E-state index contributed by atoms with van der Waals surface area (Å²) in [5.74, 6) is 0.643. The van der Waals surface area contributed by atoms with Gasteiger partial charge in [-0.05, 0) is 37.0 Å². The van der Waals surface area contributed by atoms with E-state index in [9.17, 15) is 4.79 Å². The average molecular weight is 273 g/mol. The van der Waals surface area contributed by atoms with Gasteiger partial charge in [0, 0.05) is 24.7 Å². The summed E-state index contributed by atoms with van der Waals surface area (Å²) in [6, 6.07) is 6.17. The summed E-state index contributed by atoms with van der Waals surface area (Å²) < 4.78 is 0. The highest BCUT2D eigenvalue weighted by atomic mass is 16.1. The molecule has 3 rings (SSSR count). The number of benzene rings is 1. The number of nitrogens with one attached hydrogen (secondary N) is 3. The third-order valence-electron chi connectivity index (χ3n) is 4.47. The molecule has 2 atom stereocenters. The third kappa shape index (κ3) is 2.74. The molecule has 1 amide bonds. The van der Waals surface area contributed by atoms with Crippen LogP contribution in [0.25, 0.3) is 0 Å². The Balaban J connectivity index is 1.70. The zero-order chi connectivity index (χ0) is 13.9. The summed E-state index contributed by atoms with van der Waals surface area (Å²) in [6.07, 6.45) is 4.85. The molecule has 1 aromatic rings. The molecule has 1 aliphatic heterocycles. The van der Waals surface area contributed by atoms with Gasteiger partial charge in [0.25, 0.3) is 5.91 Å². The van der Waals surface area contributed by atoms with E-state index in [0.717, 1.165) is 36.4 Å². The zero-order valence-corrected chi connectivity index (χ0v) is 12.0. The first kappa shape index (κ1) is 13.3. The van der Waals surface area contributed by atoms with Gasteiger partial charge in [-0.25, -0.2) is 0 Å². The summed E-state index contributed by atoms with van der Waals surface area (Å²) >= 11 is 0. The molecule has 0 bridgehead atoms. The van der Waals surface area contributed by atoms with Crippen molar-refractivity contribution < 1.29 is 4.79 Å². The average Bonchev–Trinajstić information content (AvgIpc) is 2.49. The Kier molecular flexibility index (Phi) is 3.81. The van der Waals surface area contributed by atoms with E-state index < -0.39 is 0 Å². The SMILES string of the molecule is CC1CCCCC1NC(=O)c1ccc2c(c1)NCCN2. The fourth-order valence-corrected chi connectivity index (χ4v) is 3.16. The number of rotatable bonds is 2. The van der Waals surface area contributed by atoms with Crippen molar-refractivity contribution in [3.05, 3.63) is 23.8 Å². The summed E-state index contributed by atoms with van der Waals surface area (Å²) in [7, 11) is 0. The molecule has 3 N–H and O–H groups in total. The Labute approximate surface area is 120 Å². The zero-order valence-electron chi connectivity index (χ0n) is 12.0. The monoisotopic (exact) mass is 273 g/mol. The van der Waals surface area contributed by atoms with Gasteiger partial charge in [-0.3, -0.25) is 4.79 Å². The first-order valence-electron chi connectivity index (χ1n) is 7.67. The number of hydrogen-bond acceptors (Lipinski definition) is 3. The maximum Gasteiger partial charge on any atom is 0.251 e. The quantitative estimate of drug-likeness (QED) is 0.776. The van der Waals surface area contributed by atoms with E-state index in [1.54, 1.807) is 0 Å². The minimum Gasteiger partial charge on any atom is -0.382 e. The van der Waals surface area contributed by atoms with Crippen LogP contribution in [0.15, 0.2) is 18.2 Å². The Morgan fingerprint density at radius 1 is 1.15 bits per heavy atom. The highest BCUT2D eigenvalue weighted by molar-refractivity contribution is 5.96. The number of anilines is 2. The van der Waals surface area contributed by atoms with E-state index in [1.165, 1.54) is 19.3 Å². The third-order valence-corrected chi connectivity index (χ3v) is 4.47. The molecule has 1 heterocycles. The summed E-state index contributed by atoms with van der Waals surface area (Å²) in [6.45, 7) is 4.07. The van der Waals surface area contributed by atoms with Crippen molar-refractivity contribution in [2.45, 2.75) is 38.6 Å². The number of carbonyl (C=O) groups is 1. The van der Waals surface area contributed by atoms with Crippen LogP contribution in [0.2, 0.25) is 0 Å². The predicted octanol–water partition coefficient (Wildman–Crippen LogP) is 2.83. The molecule has 20 heavy (non-hydrogen) atoms.